The number of rotatable bonds is 10. The minimum atomic E-state index is -2.87. The molecule has 3 aromatic rings. The van der Waals surface area contributed by atoms with Crippen LogP contribution in [0.2, 0.25) is 0 Å². The van der Waals surface area contributed by atoms with E-state index in [4.69, 9.17) is 19.8 Å². The second-order valence-electron chi connectivity index (χ2n) is 7.75. The van der Waals surface area contributed by atoms with Crippen LogP contribution in [0.15, 0.2) is 66.9 Å². The van der Waals surface area contributed by atoms with Gasteiger partial charge in [0.1, 0.15) is 5.82 Å². The lowest BCUT2D eigenvalue weighted by Gasteiger charge is -2.23. The number of likely N-dealkylation sites (N-methyl/N-ethyl adjacent to an activating group) is 1. The fraction of sp³-hybridized carbons (Fsp3) is 0.222. The standard InChI is InChI=1S/C27H28N6O4/c1-3-37-26(35)13-15-33(24-6-4-5-14-30-24)27(36)20-9-12-23(22(29)16-20)32(2)25(34)18-31-21-10-7-19(17-28)8-11-21/h4-12,14,16,31H,3,13,15,18,29H2,1-2H3/i2D3. The van der Waals surface area contributed by atoms with Gasteiger partial charge in [-0.25, -0.2) is 4.98 Å². The molecule has 10 heteroatoms. The van der Waals surface area contributed by atoms with Crippen molar-refractivity contribution in [1.29, 1.82) is 5.26 Å². The van der Waals surface area contributed by atoms with Crippen LogP contribution >= 0.6 is 0 Å². The number of nitriles is 1. The largest absolute Gasteiger partial charge is 0.466 e. The molecule has 10 nitrogen and oxygen atoms in total. The van der Waals surface area contributed by atoms with Crippen molar-refractivity contribution in [3.8, 4) is 6.07 Å². The second-order valence-corrected chi connectivity index (χ2v) is 7.75. The van der Waals surface area contributed by atoms with Crippen molar-refractivity contribution in [2.24, 2.45) is 0 Å². The van der Waals surface area contributed by atoms with Crippen molar-refractivity contribution in [3.63, 3.8) is 0 Å². The number of benzene rings is 2. The molecule has 1 heterocycles. The Bertz CT molecular complexity index is 1390. The van der Waals surface area contributed by atoms with E-state index in [1.165, 1.54) is 29.3 Å². The molecular weight excluding hydrogens is 472 g/mol. The Kier molecular flexibility index (Phi) is 7.74. The average Bonchev–Trinajstić information content (AvgIpc) is 2.93. The van der Waals surface area contributed by atoms with Gasteiger partial charge in [-0.05, 0) is 61.5 Å². The zero-order valence-electron chi connectivity index (χ0n) is 23.2. The van der Waals surface area contributed by atoms with Crippen molar-refractivity contribution in [3.05, 3.63) is 78.0 Å². The first-order valence-electron chi connectivity index (χ1n) is 12.9. The van der Waals surface area contributed by atoms with Crippen molar-refractivity contribution in [2.45, 2.75) is 13.3 Å². The number of nitrogens with two attached hydrogens (primary N) is 1. The summed E-state index contributed by atoms with van der Waals surface area (Å²) in [5.41, 5.74) is 7.02. The number of hydrogen-bond acceptors (Lipinski definition) is 8. The Hall–Kier alpha value is -4.91. The molecule has 3 rings (SSSR count). The van der Waals surface area contributed by atoms with Crippen molar-refractivity contribution in [1.82, 2.24) is 4.98 Å². The Morgan fingerprint density at radius 1 is 1.16 bits per heavy atom. The SMILES string of the molecule is [2H]C([2H])([2H])N(C(=O)CNc1ccc(C#N)cc1)c1ccc(C(=O)N(CCC(=O)OCC)c2ccccn2)cc1N. The summed E-state index contributed by atoms with van der Waals surface area (Å²) >= 11 is 0. The number of pyridine rings is 1. The molecule has 0 spiro atoms. The molecule has 190 valence electrons. The topological polar surface area (TPSA) is 142 Å². The smallest absolute Gasteiger partial charge is 0.307 e. The van der Waals surface area contributed by atoms with E-state index in [1.807, 2.05) is 6.07 Å². The van der Waals surface area contributed by atoms with Crippen LogP contribution in [0, 0.1) is 11.3 Å². The molecule has 0 atom stereocenters. The molecule has 0 saturated carbocycles. The minimum Gasteiger partial charge on any atom is -0.466 e. The quantitative estimate of drug-likeness (QED) is 0.317. The van der Waals surface area contributed by atoms with E-state index < -0.39 is 24.8 Å². The highest BCUT2D eigenvalue weighted by atomic mass is 16.5. The van der Waals surface area contributed by atoms with Gasteiger partial charge in [0.25, 0.3) is 5.91 Å². The first-order chi connectivity index (χ1) is 19.0. The molecule has 1 aromatic heterocycles. The number of anilines is 4. The molecule has 2 aromatic carbocycles. The maximum absolute atomic E-state index is 13.4. The molecule has 0 aliphatic rings. The zero-order chi connectivity index (χ0) is 29.3. The number of esters is 1. The molecule has 0 bridgehead atoms. The highest BCUT2D eigenvalue weighted by Gasteiger charge is 2.22. The number of amides is 2. The molecular formula is C27H28N6O4. The van der Waals surface area contributed by atoms with E-state index >= 15 is 0 Å². The van der Waals surface area contributed by atoms with E-state index in [0.29, 0.717) is 22.0 Å². The number of carbonyl (C=O) groups excluding carboxylic acids is 3. The molecule has 37 heavy (non-hydrogen) atoms. The lowest BCUT2D eigenvalue weighted by molar-refractivity contribution is -0.142. The number of nitrogen functional groups attached to an aromatic ring is 1. The Morgan fingerprint density at radius 2 is 1.95 bits per heavy atom. The van der Waals surface area contributed by atoms with Crippen LogP contribution in [0.4, 0.5) is 22.9 Å². The third kappa shape index (κ3) is 7.05. The third-order valence-corrected chi connectivity index (χ3v) is 5.24. The van der Waals surface area contributed by atoms with Crippen LogP contribution in [-0.2, 0) is 14.3 Å². The predicted molar refractivity (Wildman–Crippen MR) is 141 cm³/mol. The maximum atomic E-state index is 13.4. The fourth-order valence-electron chi connectivity index (χ4n) is 3.37. The van der Waals surface area contributed by atoms with Crippen molar-refractivity contribution >= 4 is 40.7 Å². The van der Waals surface area contributed by atoms with Crippen molar-refractivity contribution < 1.29 is 23.2 Å². The van der Waals surface area contributed by atoms with E-state index in [1.54, 1.807) is 49.4 Å². The first kappa shape index (κ1) is 22.5. The molecule has 0 saturated heterocycles. The van der Waals surface area contributed by atoms with Crippen LogP contribution < -0.4 is 20.9 Å². The number of hydrogen-bond donors (Lipinski definition) is 2. The summed E-state index contributed by atoms with van der Waals surface area (Å²) in [5, 5.41) is 11.8. The maximum Gasteiger partial charge on any atom is 0.307 e. The number of ether oxygens (including phenoxy) is 1. The van der Waals surface area contributed by atoms with Gasteiger partial charge in [0.15, 0.2) is 0 Å². The van der Waals surface area contributed by atoms with Crippen LogP contribution in [0.1, 0.15) is 33.4 Å². The van der Waals surface area contributed by atoms with Gasteiger partial charge in [-0.2, -0.15) is 5.26 Å². The zero-order valence-corrected chi connectivity index (χ0v) is 20.2. The summed E-state index contributed by atoms with van der Waals surface area (Å²) in [6.45, 7) is -1.37. The molecule has 0 aliphatic carbocycles. The first-order valence-corrected chi connectivity index (χ1v) is 11.4. The monoisotopic (exact) mass is 503 g/mol. The number of carbonyl (C=O) groups is 3. The summed E-state index contributed by atoms with van der Waals surface area (Å²) in [6.07, 6.45) is 1.43. The van der Waals surface area contributed by atoms with Crippen molar-refractivity contribution in [2.75, 3.05) is 47.5 Å². The molecule has 3 N–H and O–H groups in total. The van der Waals surface area contributed by atoms with Gasteiger partial charge in [0, 0.05) is 35.1 Å². The van der Waals surface area contributed by atoms with Crippen LogP contribution in [0.25, 0.3) is 0 Å². The average molecular weight is 504 g/mol. The molecule has 0 radical (unpaired) electrons. The lowest BCUT2D eigenvalue weighted by atomic mass is 10.1. The molecule has 0 aliphatic heterocycles. The highest BCUT2D eigenvalue weighted by molar-refractivity contribution is 6.07. The number of nitrogens with one attached hydrogen (secondary N) is 1. The second kappa shape index (κ2) is 12.7. The summed E-state index contributed by atoms with van der Waals surface area (Å²) in [7, 11) is 0. The van der Waals surface area contributed by atoms with Gasteiger partial charge in [-0.3, -0.25) is 19.3 Å². The van der Waals surface area contributed by atoms with Crippen LogP contribution in [0.5, 0.6) is 0 Å². The summed E-state index contributed by atoms with van der Waals surface area (Å²) in [5.74, 6) is -1.50. The fourth-order valence-corrected chi connectivity index (χ4v) is 3.37. The van der Waals surface area contributed by atoms with Gasteiger partial charge in [-0.1, -0.05) is 6.07 Å². The number of nitrogens with zero attached hydrogens (tertiary/aromatic N) is 4. The Morgan fingerprint density at radius 3 is 2.57 bits per heavy atom. The van der Waals surface area contributed by atoms with Gasteiger partial charge in [0.05, 0.1) is 42.6 Å². The molecule has 2 amide bonds. The van der Waals surface area contributed by atoms with Gasteiger partial charge >= 0.3 is 5.97 Å². The molecule has 0 unspecified atom stereocenters. The van der Waals surface area contributed by atoms with E-state index in [9.17, 15) is 14.4 Å². The van der Waals surface area contributed by atoms with Crippen LogP contribution in [0.3, 0.4) is 0 Å². The summed E-state index contributed by atoms with van der Waals surface area (Å²) < 4.78 is 28.7. The molecule has 0 fully saturated rings. The normalized spacial score (nSPS) is 11.7. The minimum absolute atomic E-state index is 0.0166. The number of aromatic nitrogens is 1. The van der Waals surface area contributed by atoms with Crippen LogP contribution in [-0.4, -0.2) is 49.4 Å². The van der Waals surface area contributed by atoms with Gasteiger partial charge < -0.3 is 20.7 Å². The summed E-state index contributed by atoms with van der Waals surface area (Å²) in [6, 6.07) is 17.2. The Labute approximate surface area is 219 Å². The highest BCUT2D eigenvalue weighted by Crippen LogP contribution is 2.25. The Balaban J connectivity index is 1.84. The van der Waals surface area contributed by atoms with E-state index in [0.717, 1.165) is 0 Å². The predicted octanol–water partition coefficient (Wildman–Crippen LogP) is 3.21. The third-order valence-electron chi connectivity index (χ3n) is 5.24. The van der Waals surface area contributed by atoms with Gasteiger partial charge in [-0.15, -0.1) is 0 Å². The summed E-state index contributed by atoms with van der Waals surface area (Å²) in [4.78, 5) is 44.5. The lowest BCUT2D eigenvalue weighted by Crippen LogP contribution is -2.34. The van der Waals surface area contributed by atoms with Gasteiger partial charge in [0.2, 0.25) is 5.91 Å². The van der Waals surface area contributed by atoms with E-state index in [-0.39, 0.29) is 43.1 Å². The van der Waals surface area contributed by atoms with E-state index in [2.05, 4.69) is 10.3 Å².